The predicted molar refractivity (Wildman–Crippen MR) is 77.7 cm³/mol. The number of carboxylic acids is 1. The molecule has 1 aliphatic rings. The molecule has 0 saturated carbocycles. The molecule has 2 N–H and O–H groups in total. The van der Waals surface area contributed by atoms with Gasteiger partial charge in [-0.1, -0.05) is 30.3 Å². The largest absolute Gasteiger partial charge is 0.479 e. The van der Waals surface area contributed by atoms with Crippen molar-refractivity contribution in [2.24, 2.45) is 5.92 Å². The molecule has 1 heterocycles. The van der Waals surface area contributed by atoms with Crippen LogP contribution in [0, 0.1) is 5.92 Å². The number of amides is 1. The third-order valence-corrected chi connectivity index (χ3v) is 3.73. The van der Waals surface area contributed by atoms with Crippen molar-refractivity contribution in [1.29, 1.82) is 0 Å². The number of carbonyl (C=O) groups is 2. The minimum atomic E-state index is -1.05. The number of carboxylic acid groups (broad SMARTS) is 1. The number of nitrogens with one attached hydrogen (secondary N) is 1. The number of hydrogen-bond donors (Lipinski definition) is 2. The third kappa shape index (κ3) is 4.04. The zero-order valence-corrected chi connectivity index (χ0v) is 12.3. The number of carbonyl (C=O) groups excluding carboxylic acids is 1. The second-order valence-electron chi connectivity index (χ2n) is 5.99. The highest BCUT2D eigenvalue weighted by atomic mass is 16.5. The fourth-order valence-electron chi connectivity index (χ4n) is 2.65. The average molecular weight is 291 g/mol. The lowest BCUT2D eigenvalue weighted by Gasteiger charge is -2.35. The van der Waals surface area contributed by atoms with Crippen molar-refractivity contribution in [2.45, 2.75) is 38.3 Å². The molecule has 1 fully saturated rings. The van der Waals surface area contributed by atoms with Crippen LogP contribution in [0.1, 0.15) is 38.3 Å². The first-order valence-corrected chi connectivity index (χ1v) is 7.11. The topological polar surface area (TPSA) is 75.6 Å². The van der Waals surface area contributed by atoms with Crippen LogP contribution in [0.25, 0.3) is 0 Å². The van der Waals surface area contributed by atoms with E-state index in [1.165, 1.54) is 0 Å². The highest BCUT2D eigenvalue weighted by Gasteiger charge is 2.34. The van der Waals surface area contributed by atoms with E-state index < -0.39 is 12.0 Å². The van der Waals surface area contributed by atoms with Gasteiger partial charge < -0.3 is 15.2 Å². The summed E-state index contributed by atoms with van der Waals surface area (Å²) in [5, 5.41) is 12.0. The number of rotatable bonds is 4. The Morgan fingerprint density at radius 2 is 2.00 bits per heavy atom. The van der Waals surface area contributed by atoms with Crippen LogP contribution < -0.4 is 5.32 Å². The zero-order chi connectivity index (χ0) is 15.5. The van der Waals surface area contributed by atoms with Crippen LogP contribution in [0.3, 0.4) is 0 Å². The first kappa shape index (κ1) is 15.5. The Bertz CT molecular complexity index is 512. The van der Waals surface area contributed by atoms with E-state index >= 15 is 0 Å². The molecule has 5 nitrogen and oxygen atoms in total. The normalized spacial score (nSPS) is 22.3. The Morgan fingerprint density at radius 1 is 1.33 bits per heavy atom. The summed E-state index contributed by atoms with van der Waals surface area (Å²) in [5.74, 6) is -1.48. The number of ether oxygens (including phenoxy) is 1. The molecule has 0 radical (unpaired) electrons. The van der Waals surface area contributed by atoms with Crippen molar-refractivity contribution in [3.63, 3.8) is 0 Å². The lowest BCUT2D eigenvalue weighted by atomic mass is 9.87. The Kier molecular flexibility index (Phi) is 4.63. The summed E-state index contributed by atoms with van der Waals surface area (Å²) in [6.45, 7) is 4.41. The zero-order valence-electron chi connectivity index (χ0n) is 12.3. The molecule has 0 aromatic heterocycles. The number of hydrogen-bond acceptors (Lipinski definition) is 3. The van der Waals surface area contributed by atoms with E-state index in [2.05, 4.69) is 5.32 Å². The van der Waals surface area contributed by atoms with Gasteiger partial charge in [0.05, 0.1) is 5.60 Å². The highest BCUT2D eigenvalue weighted by molar-refractivity contribution is 5.86. The van der Waals surface area contributed by atoms with Gasteiger partial charge in [0.25, 0.3) is 0 Å². The minimum Gasteiger partial charge on any atom is -0.479 e. The summed E-state index contributed by atoms with van der Waals surface area (Å²) < 4.78 is 5.59. The highest BCUT2D eigenvalue weighted by Crippen LogP contribution is 2.29. The second-order valence-corrected chi connectivity index (χ2v) is 5.99. The van der Waals surface area contributed by atoms with Crippen LogP contribution >= 0.6 is 0 Å². The predicted octanol–water partition coefficient (Wildman–Crippen LogP) is 2.13. The van der Waals surface area contributed by atoms with Gasteiger partial charge in [-0.15, -0.1) is 0 Å². The Balaban J connectivity index is 2.07. The molecule has 2 rings (SSSR count). The SMILES string of the molecule is CC1(C)C[C@@H](C(=O)N[C@@H](C(=O)O)c2ccccc2)CCO1. The summed E-state index contributed by atoms with van der Waals surface area (Å²) in [6.07, 6.45) is 1.22. The Labute approximate surface area is 124 Å². The van der Waals surface area contributed by atoms with Crippen LogP contribution in [0.15, 0.2) is 30.3 Å². The second kappa shape index (κ2) is 6.26. The summed E-state index contributed by atoms with van der Waals surface area (Å²) in [6, 6.07) is 7.72. The fourth-order valence-corrected chi connectivity index (χ4v) is 2.65. The monoisotopic (exact) mass is 291 g/mol. The van der Waals surface area contributed by atoms with E-state index in [9.17, 15) is 14.7 Å². The van der Waals surface area contributed by atoms with E-state index in [0.29, 0.717) is 25.0 Å². The van der Waals surface area contributed by atoms with E-state index in [1.54, 1.807) is 24.3 Å². The first-order valence-electron chi connectivity index (χ1n) is 7.11. The van der Waals surface area contributed by atoms with Crippen molar-refractivity contribution in [3.05, 3.63) is 35.9 Å². The van der Waals surface area contributed by atoms with Crippen LogP contribution in [0.2, 0.25) is 0 Å². The van der Waals surface area contributed by atoms with Crippen molar-refractivity contribution >= 4 is 11.9 Å². The maximum atomic E-state index is 12.3. The summed E-state index contributed by atoms with van der Waals surface area (Å²) in [4.78, 5) is 23.8. The summed E-state index contributed by atoms with van der Waals surface area (Å²) in [7, 11) is 0. The van der Waals surface area contributed by atoms with E-state index in [4.69, 9.17) is 4.74 Å². The minimum absolute atomic E-state index is 0.209. The van der Waals surface area contributed by atoms with Crippen LogP contribution in [-0.4, -0.2) is 29.2 Å². The van der Waals surface area contributed by atoms with Crippen LogP contribution in [0.4, 0.5) is 0 Å². The molecule has 114 valence electrons. The molecule has 0 bridgehead atoms. The smallest absolute Gasteiger partial charge is 0.330 e. The molecule has 2 atom stereocenters. The van der Waals surface area contributed by atoms with E-state index in [1.807, 2.05) is 19.9 Å². The maximum absolute atomic E-state index is 12.3. The summed E-state index contributed by atoms with van der Waals surface area (Å²) in [5.41, 5.74) is 0.232. The first-order chi connectivity index (χ1) is 9.89. The van der Waals surface area contributed by atoms with Gasteiger partial charge >= 0.3 is 5.97 Å². The molecular weight excluding hydrogens is 270 g/mol. The number of aliphatic carboxylic acids is 1. The molecule has 1 amide bonds. The molecule has 1 aromatic rings. The van der Waals surface area contributed by atoms with E-state index in [0.717, 1.165) is 0 Å². The standard InChI is InChI=1S/C16H21NO4/c1-16(2)10-12(8-9-21-16)14(18)17-13(15(19)20)11-6-4-3-5-7-11/h3-7,12-13H,8-10H2,1-2H3,(H,17,18)(H,19,20)/t12-,13+/m0/s1. The van der Waals surface area contributed by atoms with Crippen molar-refractivity contribution in [3.8, 4) is 0 Å². The quantitative estimate of drug-likeness (QED) is 0.891. The Hall–Kier alpha value is -1.88. The molecular formula is C16H21NO4. The van der Waals surface area contributed by atoms with Crippen LogP contribution in [0.5, 0.6) is 0 Å². The van der Waals surface area contributed by atoms with Crippen molar-refractivity contribution in [2.75, 3.05) is 6.61 Å². The molecule has 1 aromatic carbocycles. The molecule has 21 heavy (non-hydrogen) atoms. The van der Waals surface area contributed by atoms with E-state index in [-0.39, 0.29) is 17.4 Å². The van der Waals surface area contributed by atoms with Crippen LogP contribution in [-0.2, 0) is 14.3 Å². The van der Waals surface area contributed by atoms with Gasteiger partial charge in [0.1, 0.15) is 0 Å². The number of benzene rings is 1. The van der Waals surface area contributed by atoms with Crippen molar-refractivity contribution in [1.82, 2.24) is 5.32 Å². The van der Waals surface area contributed by atoms with Gasteiger partial charge in [-0.25, -0.2) is 4.79 Å². The van der Waals surface area contributed by atoms with Gasteiger partial charge in [-0.2, -0.15) is 0 Å². The average Bonchev–Trinajstić information content (AvgIpc) is 2.44. The van der Waals surface area contributed by atoms with Gasteiger partial charge in [0.2, 0.25) is 5.91 Å². The fraction of sp³-hybridized carbons (Fsp3) is 0.500. The van der Waals surface area contributed by atoms with Gasteiger partial charge in [-0.3, -0.25) is 4.79 Å². The third-order valence-electron chi connectivity index (χ3n) is 3.73. The molecule has 0 unspecified atom stereocenters. The maximum Gasteiger partial charge on any atom is 0.330 e. The van der Waals surface area contributed by atoms with Crippen molar-refractivity contribution < 1.29 is 19.4 Å². The molecule has 1 aliphatic heterocycles. The summed E-state index contributed by atoms with van der Waals surface area (Å²) >= 11 is 0. The Morgan fingerprint density at radius 3 is 2.57 bits per heavy atom. The lowest BCUT2D eigenvalue weighted by molar-refractivity contribution is -0.145. The van der Waals surface area contributed by atoms with Gasteiger partial charge in [-0.05, 0) is 32.3 Å². The lowest BCUT2D eigenvalue weighted by Crippen LogP contribution is -2.43. The molecule has 0 spiro atoms. The molecule has 1 saturated heterocycles. The van der Waals surface area contributed by atoms with Gasteiger partial charge in [0, 0.05) is 12.5 Å². The molecule has 5 heteroatoms. The molecule has 0 aliphatic carbocycles. The van der Waals surface area contributed by atoms with Gasteiger partial charge in [0.15, 0.2) is 6.04 Å².